The number of aromatic nitrogens is 2. The van der Waals surface area contributed by atoms with Crippen LogP contribution < -0.4 is 5.32 Å². The van der Waals surface area contributed by atoms with Crippen LogP contribution in [0.2, 0.25) is 0 Å². The third-order valence-corrected chi connectivity index (χ3v) is 5.25. The Bertz CT molecular complexity index is 932. The first-order valence-corrected chi connectivity index (χ1v) is 10.4. The number of para-hydroxylation sites is 1. The summed E-state index contributed by atoms with van der Waals surface area (Å²) in [5.74, 6) is 1.28. The van der Waals surface area contributed by atoms with Gasteiger partial charge in [-0.1, -0.05) is 48.5 Å². The van der Waals surface area contributed by atoms with Crippen LogP contribution in [-0.2, 0) is 11.2 Å². The summed E-state index contributed by atoms with van der Waals surface area (Å²) in [4.78, 5) is 14.7. The lowest BCUT2D eigenvalue weighted by atomic mass is 10.1. The highest BCUT2D eigenvalue weighted by atomic mass is 16.2. The Labute approximate surface area is 172 Å². The van der Waals surface area contributed by atoms with E-state index in [0.717, 1.165) is 36.6 Å². The van der Waals surface area contributed by atoms with Crippen molar-refractivity contribution in [2.75, 3.05) is 25.5 Å². The number of hydrogen-bond donors (Lipinski definition) is 1. The van der Waals surface area contributed by atoms with Crippen LogP contribution in [0.3, 0.4) is 0 Å². The van der Waals surface area contributed by atoms with E-state index in [2.05, 4.69) is 34.5 Å². The van der Waals surface area contributed by atoms with Crippen molar-refractivity contribution in [3.05, 3.63) is 78.0 Å². The number of anilines is 1. The summed E-state index contributed by atoms with van der Waals surface area (Å²) in [6, 6.07) is 22.5. The maximum atomic E-state index is 12.6. The third kappa shape index (κ3) is 5.33. The molecule has 1 fully saturated rings. The predicted molar refractivity (Wildman–Crippen MR) is 116 cm³/mol. The first kappa shape index (κ1) is 19.4. The Kier molecular flexibility index (Phi) is 6.06. The molecule has 1 saturated carbocycles. The number of nitrogens with zero attached hydrogens (tertiary/aromatic N) is 3. The van der Waals surface area contributed by atoms with Gasteiger partial charge >= 0.3 is 0 Å². The molecule has 1 N–H and O–H groups in total. The number of benzene rings is 2. The summed E-state index contributed by atoms with van der Waals surface area (Å²) in [5.41, 5.74) is 3.37. The van der Waals surface area contributed by atoms with Crippen molar-refractivity contribution in [3.8, 4) is 5.69 Å². The van der Waals surface area contributed by atoms with Gasteiger partial charge in [0.1, 0.15) is 5.82 Å². The first-order valence-electron chi connectivity index (χ1n) is 10.4. The van der Waals surface area contributed by atoms with E-state index in [1.807, 2.05) is 54.2 Å². The minimum Gasteiger partial charge on any atom is -0.309 e. The summed E-state index contributed by atoms with van der Waals surface area (Å²) < 4.78 is 1.85. The van der Waals surface area contributed by atoms with Crippen LogP contribution in [0.5, 0.6) is 0 Å². The van der Waals surface area contributed by atoms with Gasteiger partial charge in [-0.2, -0.15) is 5.10 Å². The summed E-state index contributed by atoms with van der Waals surface area (Å²) >= 11 is 0. The quantitative estimate of drug-likeness (QED) is 0.596. The first-order chi connectivity index (χ1) is 14.2. The second kappa shape index (κ2) is 9.05. The van der Waals surface area contributed by atoms with Gasteiger partial charge in [-0.15, -0.1) is 0 Å². The van der Waals surface area contributed by atoms with Gasteiger partial charge in [-0.05, 0) is 57.0 Å². The summed E-state index contributed by atoms with van der Waals surface area (Å²) in [5, 5.41) is 7.82. The van der Waals surface area contributed by atoms with Crippen molar-refractivity contribution in [2.24, 2.45) is 0 Å². The number of carbonyl (C=O) groups is 1. The largest absolute Gasteiger partial charge is 0.309 e. The molecule has 0 aliphatic heterocycles. The molecule has 1 heterocycles. The Morgan fingerprint density at radius 1 is 1.10 bits per heavy atom. The molecule has 0 bridgehead atoms. The van der Waals surface area contributed by atoms with Crippen LogP contribution >= 0.6 is 0 Å². The Morgan fingerprint density at radius 3 is 2.48 bits per heavy atom. The van der Waals surface area contributed by atoms with E-state index >= 15 is 0 Å². The molecule has 1 aromatic heterocycles. The zero-order valence-electron chi connectivity index (χ0n) is 16.9. The van der Waals surface area contributed by atoms with Crippen molar-refractivity contribution < 1.29 is 4.79 Å². The van der Waals surface area contributed by atoms with Gasteiger partial charge in [0.2, 0.25) is 5.91 Å². The number of hydrogen-bond acceptors (Lipinski definition) is 3. The fourth-order valence-electron chi connectivity index (χ4n) is 3.54. The zero-order chi connectivity index (χ0) is 20.1. The molecular formula is C24H28N4O. The zero-order valence-corrected chi connectivity index (χ0v) is 16.9. The molecule has 5 nitrogen and oxygen atoms in total. The normalized spacial score (nSPS) is 13.6. The molecule has 0 radical (unpaired) electrons. The van der Waals surface area contributed by atoms with Crippen LogP contribution in [0.25, 0.3) is 5.69 Å². The van der Waals surface area contributed by atoms with Crippen LogP contribution in [0.1, 0.15) is 36.4 Å². The average molecular weight is 389 g/mol. The van der Waals surface area contributed by atoms with Crippen LogP contribution in [-0.4, -0.2) is 40.7 Å². The molecule has 0 unspecified atom stereocenters. The molecule has 4 rings (SSSR count). The van der Waals surface area contributed by atoms with Crippen LogP contribution in [0.15, 0.2) is 66.7 Å². The van der Waals surface area contributed by atoms with Gasteiger partial charge < -0.3 is 5.32 Å². The van der Waals surface area contributed by atoms with Gasteiger partial charge in [-0.25, -0.2) is 4.68 Å². The maximum absolute atomic E-state index is 12.6. The molecule has 1 aliphatic carbocycles. The fraction of sp³-hybridized carbons (Fsp3) is 0.333. The number of rotatable bonds is 9. The van der Waals surface area contributed by atoms with Crippen LogP contribution in [0, 0.1) is 0 Å². The van der Waals surface area contributed by atoms with E-state index in [-0.39, 0.29) is 5.91 Å². The second-order valence-electron chi connectivity index (χ2n) is 7.85. The monoisotopic (exact) mass is 388 g/mol. The lowest BCUT2D eigenvalue weighted by molar-refractivity contribution is -0.117. The fourth-order valence-corrected chi connectivity index (χ4v) is 3.54. The highest BCUT2D eigenvalue weighted by Gasteiger charge is 2.28. The van der Waals surface area contributed by atoms with Gasteiger partial charge in [0.05, 0.1) is 17.9 Å². The molecule has 5 heteroatoms. The predicted octanol–water partition coefficient (Wildman–Crippen LogP) is 4.25. The second-order valence-corrected chi connectivity index (χ2v) is 7.85. The minimum atomic E-state index is -0.00774. The Hall–Kier alpha value is -2.92. The van der Waals surface area contributed by atoms with E-state index in [4.69, 9.17) is 5.10 Å². The summed E-state index contributed by atoms with van der Waals surface area (Å²) in [7, 11) is 1.99. The van der Waals surface area contributed by atoms with Gasteiger partial charge in [0.25, 0.3) is 0 Å². The molecule has 150 valence electrons. The maximum Gasteiger partial charge on any atom is 0.239 e. The van der Waals surface area contributed by atoms with E-state index in [0.29, 0.717) is 12.5 Å². The topological polar surface area (TPSA) is 50.2 Å². The number of amides is 1. The van der Waals surface area contributed by atoms with E-state index in [1.54, 1.807) is 0 Å². The Balaban J connectivity index is 1.34. The number of aryl methyl sites for hydroxylation is 1. The Morgan fingerprint density at radius 2 is 1.79 bits per heavy atom. The molecule has 1 aliphatic rings. The highest BCUT2D eigenvalue weighted by molar-refractivity contribution is 5.91. The van der Waals surface area contributed by atoms with Crippen molar-refractivity contribution >= 4 is 11.7 Å². The number of carbonyl (C=O) groups excluding carboxylic acids is 1. The van der Waals surface area contributed by atoms with Crippen molar-refractivity contribution in [1.29, 1.82) is 0 Å². The summed E-state index contributed by atoms with van der Waals surface area (Å²) in [6.45, 7) is 1.25. The van der Waals surface area contributed by atoms with Gasteiger partial charge in [0, 0.05) is 12.0 Å². The summed E-state index contributed by atoms with van der Waals surface area (Å²) in [6.07, 6.45) is 4.42. The molecule has 1 amide bonds. The molecule has 0 saturated heterocycles. The van der Waals surface area contributed by atoms with E-state index < -0.39 is 0 Å². The number of nitrogens with one attached hydrogen (secondary N) is 1. The lowest BCUT2D eigenvalue weighted by Gasteiger charge is -2.16. The average Bonchev–Trinajstić information content (AvgIpc) is 3.50. The van der Waals surface area contributed by atoms with Crippen molar-refractivity contribution in [2.45, 2.75) is 31.6 Å². The molecule has 2 aromatic carbocycles. The standard InChI is InChI=1S/C24H28N4O/c1-27(16-8-11-19-9-4-2-5-10-19)18-24(29)25-23-17-22(20-14-15-20)26-28(23)21-12-6-3-7-13-21/h2-7,9-10,12-13,17,20H,8,11,14-16,18H2,1H3,(H,25,29). The van der Waals surface area contributed by atoms with Crippen LogP contribution in [0.4, 0.5) is 5.82 Å². The van der Waals surface area contributed by atoms with Crippen molar-refractivity contribution in [3.63, 3.8) is 0 Å². The van der Waals surface area contributed by atoms with Gasteiger partial charge in [-0.3, -0.25) is 9.69 Å². The molecule has 0 spiro atoms. The third-order valence-electron chi connectivity index (χ3n) is 5.25. The SMILES string of the molecule is CN(CCCc1ccccc1)CC(=O)Nc1cc(C2CC2)nn1-c1ccccc1. The molecule has 3 aromatic rings. The van der Waals surface area contributed by atoms with Crippen molar-refractivity contribution in [1.82, 2.24) is 14.7 Å². The lowest BCUT2D eigenvalue weighted by Crippen LogP contribution is -2.31. The molecule has 29 heavy (non-hydrogen) atoms. The molecular weight excluding hydrogens is 360 g/mol. The van der Waals surface area contributed by atoms with E-state index in [9.17, 15) is 4.79 Å². The smallest absolute Gasteiger partial charge is 0.239 e. The van der Waals surface area contributed by atoms with Gasteiger partial charge in [0.15, 0.2) is 0 Å². The number of likely N-dealkylation sites (N-methyl/N-ethyl adjacent to an activating group) is 1. The van der Waals surface area contributed by atoms with E-state index in [1.165, 1.54) is 18.4 Å². The minimum absolute atomic E-state index is 0.00774. The molecule has 0 atom stereocenters. The highest BCUT2D eigenvalue weighted by Crippen LogP contribution is 2.40.